The van der Waals surface area contributed by atoms with E-state index in [2.05, 4.69) is 56.7 Å². The Bertz CT molecular complexity index is 1720. The van der Waals surface area contributed by atoms with Gasteiger partial charge >= 0.3 is 0 Å². The Morgan fingerprint density at radius 1 is 1.05 bits per heavy atom. The summed E-state index contributed by atoms with van der Waals surface area (Å²) in [5.41, 5.74) is 3.71. The SMILES string of the molecule is C#CCOc1c(OCC)cc(C=Nn2c(-c3cc(C(C)C)c(OCC)cc3C)nc3ccccc3c2=O)c(Br)c1Br. The minimum Gasteiger partial charge on any atom is -0.494 e. The third kappa shape index (κ3) is 6.34. The molecule has 4 rings (SSSR count). The second kappa shape index (κ2) is 13.4. The van der Waals surface area contributed by atoms with Gasteiger partial charge in [0.25, 0.3) is 5.56 Å². The van der Waals surface area contributed by atoms with Gasteiger partial charge in [-0.25, -0.2) is 4.98 Å². The van der Waals surface area contributed by atoms with Crippen LogP contribution < -0.4 is 19.8 Å². The largest absolute Gasteiger partial charge is 0.494 e. The van der Waals surface area contributed by atoms with Crippen molar-refractivity contribution in [1.82, 2.24) is 9.66 Å². The molecule has 9 heteroatoms. The van der Waals surface area contributed by atoms with Gasteiger partial charge in [0.1, 0.15) is 12.4 Å². The average Bonchev–Trinajstić information content (AvgIpc) is 2.95. The molecule has 0 aliphatic carbocycles. The molecule has 0 aliphatic rings. The number of nitrogens with zero attached hydrogens (tertiary/aromatic N) is 3. The number of terminal acetylenes is 1. The summed E-state index contributed by atoms with van der Waals surface area (Å²) in [6, 6.07) is 13.1. The van der Waals surface area contributed by atoms with Crippen molar-refractivity contribution < 1.29 is 14.2 Å². The minimum atomic E-state index is -0.282. The fraction of sp³-hybridized carbons (Fsp3) is 0.281. The van der Waals surface area contributed by atoms with Crippen LogP contribution in [0.4, 0.5) is 0 Å². The lowest BCUT2D eigenvalue weighted by Crippen LogP contribution is -2.21. The molecule has 7 nitrogen and oxygen atoms in total. The van der Waals surface area contributed by atoms with Crippen LogP contribution in [0.3, 0.4) is 0 Å². The van der Waals surface area contributed by atoms with Gasteiger partial charge in [0.15, 0.2) is 17.3 Å². The van der Waals surface area contributed by atoms with Gasteiger partial charge in [0, 0.05) is 15.6 Å². The molecular weight excluding hydrogens is 650 g/mol. The lowest BCUT2D eigenvalue weighted by molar-refractivity contribution is 0.297. The van der Waals surface area contributed by atoms with Crippen molar-refractivity contribution in [2.45, 2.75) is 40.5 Å². The zero-order valence-electron chi connectivity index (χ0n) is 23.6. The van der Waals surface area contributed by atoms with Gasteiger partial charge in [-0.05, 0) is 100 Å². The third-order valence-corrected chi connectivity index (χ3v) is 8.48. The Labute approximate surface area is 256 Å². The number of para-hydroxylation sites is 1. The van der Waals surface area contributed by atoms with Crippen molar-refractivity contribution in [3.63, 3.8) is 0 Å². The lowest BCUT2D eigenvalue weighted by Gasteiger charge is -2.18. The molecular formula is C32H31Br2N3O4. The molecule has 0 fully saturated rings. The second-order valence-corrected chi connectivity index (χ2v) is 11.0. The van der Waals surface area contributed by atoms with Gasteiger partial charge in [0.2, 0.25) is 0 Å². The first kappa shape index (κ1) is 30.4. The molecule has 0 N–H and O–H groups in total. The van der Waals surface area contributed by atoms with Crippen molar-refractivity contribution in [1.29, 1.82) is 0 Å². The fourth-order valence-corrected chi connectivity index (χ4v) is 5.34. The monoisotopic (exact) mass is 679 g/mol. The minimum absolute atomic E-state index is 0.0832. The quantitative estimate of drug-likeness (QED) is 0.127. The Balaban J connectivity index is 1.95. The Morgan fingerprint density at radius 2 is 1.76 bits per heavy atom. The molecule has 0 amide bonds. The molecule has 0 saturated heterocycles. The summed E-state index contributed by atoms with van der Waals surface area (Å²) in [5.74, 6) is 4.89. The van der Waals surface area contributed by atoms with Gasteiger partial charge in [-0.2, -0.15) is 9.78 Å². The highest BCUT2D eigenvalue weighted by atomic mass is 79.9. The van der Waals surface area contributed by atoms with E-state index in [1.165, 1.54) is 4.68 Å². The summed E-state index contributed by atoms with van der Waals surface area (Å²) in [4.78, 5) is 18.8. The number of hydrogen-bond donors (Lipinski definition) is 0. The van der Waals surface area contributed by atoms with E-state index < -0.39 is 0 Å². The van der Waals surface area contributed by atoms with Gasteiger partial charge in [0.05, 0.1) is 34.8 Å². The van der Waals surface area contributed by atoms with Crippen LogP contribution in [0, 0.1) is 19.3 Å². The predicted molar refractivity (Wildman–Crippen MR) is 172 cm³/mol. The van der Waals surface area contributed by atoms with Crippen molar-refractivity contribution in [3.8, 4) is 41.0 Å². The fourth-order valence-electron chi connectivity index (χ4n) is 4.41. The normalized spacial score (nSPS) is 11.3. The van der Waals surface area contributed by atoms with E-state index in [0.717, 1.165) is 22.4 Å². The van der Waals surface area contributed by atoms with Gasteiger partial charge in [-0.15, -0.1) is 6.42 Å². The molecule has 0 bridgehead atoms. The maximum atomic E-state index is 13.8. The number of aryl methyl sites for hydroxylation is 1. The van der Waals surface area contributed by atoms with E-state index in [9.17, 15) is 4.79 Å². The summed E-state index contributed by atoms with van der Waals surface area (Å²) in [7, 11) is 0. The first-order valence-corrected chi connectivity index (χ1v) is 14.8. The van der Waals surface area contributed by atoms with Crippen molar-refractivity contribution in [2.75, 3.05) is 19.8 Å². The van der Waals surface area contributed by atoms with Crippen LogP contribution in [-0.2, 0) is 0 Å². The van der Waals surface area contributed by atoms with Crippen LogP contribution in [-0.4, -0.2) is 35.7 Å². The van der Waals surface area contributed by atoms with E-state index in [4.69, 9.17) is 25.6 Å². The third-order valence-electron chi connectivity index (χ3n) is 6.34. The highest BCUT2D eigenvalue weighted by molar-refractivity contribution is 9.13. The van der Waals surface area contributed by atoms with Crippen LogP contribution in [0.2, 0.25) is 0 Å². The van der Waals surface area contributed by atoms with Crippen molar-refractivity contribution in [3.05, 3.63) is 78.5 Å². The molecule has 41 heavy (non-hydrogen) atoms. The predicted octanol–water partition coefficient (Wildman–Crippen LogP) is 7.71. The Hall–Kier alpha value is -3.61. The van der Waals surface area contributed by atoms with E-state index in [1.54, 1.807) is 18.3 Å². The summed E-state index contributed by atoms with van der Waals surface area (Å²) >= 11 is 7.20. The molecule has 0 aliphatic heterocycles. The Kier molecular flexibility index (Phi) is 9.90. The van der Waals surface area contributed by atoms with Gasteiger partial charge in [-0.3, -0.25) is 4.79 Å². The van der Waals surface area contributed by atoms with Crippen molar-refractivity contribution >= 4 is 49.0 Å². The molecule has 212 valence electrons. The van der Waals surface area contributed by atoms with Crippen LogP contribution in [0.25, 0.3) is 22.3 Å². The maximum Gasteiger partial charge on any atom is 0.282 e. The average molecular weight is 681 g/mol. The summed E-state index contributed by atoms with van der Waals surface area (Å²) in [5, 5.41) is 5.14. The highest BCUT2D eigenvalue weighted by Crippen LogP contribution is 2.42. The summed E-state index contributed by atoms with van der Waals surface area (Å²) in [6.07, 6.45) is 6.99. The first-order chi connectivity index (χ1) is 19.7. The molecule has 4 aromatic rings. The topological polar surface area (TPSA) is 74.9 Å². The van der Waals surface area contributed by atoms with E-state index in [0.29, 0.717) is 55.9 Å². The second-order valence-electron chi connectivity index (χ2n) is 9.45. The number of hydrogen-bond acceptors (Lipinski definition) is 6. The summed E-state index contributed by atoms with van der Waals surface area (Å²) in [6.45, 7) is 11.1. The van der Waals surface area contributed by atoms with Crippen LogP contribution >= 0.6 is 31.9 Å². The number of rotatable bonds is 10. The van der Waals surface area contributed by atoms with E-state index in [1.807, 2.05) is 51.1 Å². The highest BCUT2D eigenvalue weighted by Gasteiger charge is 2.20. The molecule has 0 radical (unpaired) electrons. The molecule has 0 unspecified atom stereocenters. The standard InChI is InChI=1S/C32H31Br2N3O4/c1-7-14-41-30-27(40-9-3)16-21(28(33)29(30)34)18-35-37-31(36-25-13-11-10-12-22(25)32(37)38)24-17-23(19(4)5)26(39-8-2)15-20(24)6/h1,10-13,15-19H,8-9,14H2,2-6H3. The van der Waals surface area contributed by atoms with Crippen LogP contribution in [0.15, 0.2) is 61.3 Å². The van der Waals surface area contributed by atoms with Crippen LogP contribution in [0.1, 0.15) is 50.3 Å². The zero-order valence-corrected chi connectivity index (χ0v) is 26.8. The zero-order chi connectivity index (χ0) is 29.7. The summed E-state index contributed by atoms with van der Waals surface area (Å²) < 4.78 is 20.1. The molecule has 0 atom stereocenters. The van der Waals surface area contributed by atoms with E-state index in [-0.39, 0.29) is 18.1 Å². The maximum absolute atomic E-state index is 13.8. The molecule has 0 spiro atoms. The smallest absolute Gasteiger partial charge is 0.282 e. The molecule has 1 aromatic heterocycles. The number of aromatic nitrogens is 2. The van der Waals surface area contributed by atoms with Crippen molar-refractivity contribution in [2.24, 2.45) is 5.10 Å². The number of ether oxygens (including phenoxy) is 3. The molecule has 3 aromatic carbocycles. The number of fused-ring (bicyclic) bond motifs is 1. The Morgan fingerprint density at radius 3 is 2.44 bits per heavy atom. The number of halogens is 2. The molecule has 0 saturated carbocycles. The molecule has 1 heterocycles. The van der Waals surface area contributed by atoms with E-state index >= 15 is 0 Å². The van der Waals surface area contributed by atoms with Gasteiger partial charge in [-0.1, -0.05) is 31.9 Å². The van der Waals surface area contributed by atoms with Crippen LogP contribution in [0.5, 0.6) is 17.2 Å². The lowest BCUT2D eigenvalue weighted by atomic mass is 9.96. The van der Waals surface area contributed by atoms with Gasteiger partial charge < -0.3 is 14.2 Å². The first-order valence-electron chi connectivity index (χ1n) is 13.3. The number of benzene rings is 3.